The molecule has 0 aromatic rings. The zero-order valence-electron chi connectivity index (χ0n) is 7.05. The summed E-state index contributed by atoms with van der Waals surface area (Å²) in [5.74, 6) is 1.76. The molecule has 2 N–H and O–H groups in total. The zero-order chi connectivity index (χ0) is 7.90. The van der Waals surface area contributed by atoms with Crippen molar-refractivity contribution >= 4 is 0 Å². The van der Waals surface area contributed by atoms with Gasteiger partial charge in [-0.15, -0.1) is 6.58 Å². The molecule has 0 unspecified atom stereocenters. The Bertz CT molecular complexity index is 176. The Morgan fingerprint density at radius 3 is 2.82 bits per heavy atom. The minimum Gasteiger partial charge on any atom is -0.325 e. The molecular formula is C10H17N. The highest BCUT2D eigenvalue weighted by Crippen LogP contribution is 2.50. The Kier molecular flexibility index (Phi) is 1.57. The monoisotopic (exact) mass is 151 g/mol. The van der Waals surface area contributed by atoms with Crippen molar-refractivity contribution in [3.05, 3.63) is 12.7 Å². The summed E-state index contributed by atoms with van der Waals surface area (Å²) < 4.78 is 0. The van der Waals surface area contributed by atoms with E-state index in [4.69, 9.17) is 5.73 Å². The first kappa shape index (κ1) is 7.35. The van der Waals surface area contributed by atoms with Crippen LogP contribution in [0.1, 0.15) is 32.1 Å². The molecule has 3 atom stereocenters. The molecule has 1 heteroatoms. The van der Waals surface area contributed by atoms with Crippen molar-refractivity contribution in [2.45, 2.75) is 37.6 Å². The summed E-state index contributed by atoms with van der Waals surface area (Å²) in [7, 11) is 0. The van der Waals surface area contributed by atoms with Gasteiger partial charge in [-0.05, 0) is 37.5 Å². The summed E-state index contributed by atoms with van der Waals surface area (Å²) in [4.78, 5) is 0. The number of hydrogen-bond donors (Lipinski definition) is 1. The molecule has 2 fully saturated rings. The van der Waals surface area contributed by atoms with E-state index >= 15 is 0 Å². The number of rotatable bonds is 2. The van der Waals surface area contributed by atoms with Crippen molar-refractivity contribution in [2.75, 3.05) is 0 Å². The fraction of sp³-hybridized carbons (Fsp3) is 0.800. The van der Waals surface area contributed by atoms with E-state index in [1.165, 1.54) is 25.7 Å². The predicted octanol–water partition coefficient (Wildman–Crippen LogP) is 2.08. The van der Waals surface area contributed by atoms with E-state index in [-0.39, 0.29) is 5.54 Å². The third kappa shape index (κ3) is 1.02. The van der Waals surface area contributed by atoms with Gasteiger partial charge in [-0.3, -0.25) is 0 Å². The number of hydrogen-bond acceptors (Lipinski definition) is 1. The van der Waals surface area contributed by atoms with Crippen LogP contribution in [0.5, 0.6) is 0 Å². The predicted molar refractivity (Wildman–Crippen MR) is 47.2 cm³/mol. The normalized spacial score (nSPS) is 48.1. The molecule has 0 aromatic heterocycles. The Morgan fingerprint density at radius 2 is 2.36 bits per heavy atom. The summed E-state index contributed by atoms with van der Waals surface area (Å²) in [5.41, 5.74) is 6.43. The first-order valence-corrected chi connectivity index (χ1v) is 4.64. The SMILES string of the molecule is C=CC[C@@]1(N)C[C@H]2CC[C@@H]1C2. The van der Waals surface area contributed by atoms with Crippen molar-refractivity contribution in [3.63, 3.8) is 0 Å². The standard InChI is InChI=1S/C10H17N/c1-2-5-10(11)7-8-3-4-9(10)6-8/h2,8-9H,1,3-7,11H2/t8-,9+,10+/m0/s1. The van der Waals surface area contributed by atoms with Crippen LogP contribution in [-0.2, 0) is 0 Å². The van der Waals surface area contributed by atoms with Gasteiger partial charge in [-0.25, -0.2) is 0 Å². The molecule has 2 rings (SSSR count). The van der Waals surface area contributed by atoms with Crippen molar-refractivity contribution < 1.29 is 0 Å². The smallest absolute Gasteiger partial charge is 0.0220 e. The molecule has 0 heterocycles. The first-order valence-electron chi connectivity index (χ1n) is 4.64. The maximum Gasteiger partial charge on any atom is 0.0220 e. The lowest BCUT2D eigenvalue weighted by molar-refractivity contribution is 0.274. The maximum atomic E-state index is 6.28. The first-order chi connectivity index (χ1) is 5.24. The van der Waals surface area contributed by atoms with E-state index in [1.54, 1.807) is 0 Å². The van der Waals surface area contributed by atoms with Crippen molar-refractivity contribution in [3.8, 4) is 0 Å². The Hall–Kier alpha value is -0.300. The van der Waals surface area contributed by atoms with Gasteiger partial charge in [0.1, 0.15) is 0 Å². The number of fused-ring (bicyclic) bond motifs is 2. The minimum atomic E-state index is 0.144. The van der Waals surface area contributed by atoms with E-state index in [0.29, 0.717) is 0 Å². The molecule has 0 aromatic carbocycles. The molecule has 11 heavy (non-hydrogen) atoms. The van der Waals surface area contributed by atoms with Crippen molar-refractivity contribution in [1.29, 1.82) is 0 Å². The van der Waals surface area contributed by atoms with Crippen LogP contribution in [0.15, 0.2) is 12.7 Å². The second kappa shape index (κ2) is 2.34. The zero-order valence-corrected chi connectivity index (χ0v) is 7.05. The third-order valence-corrected chi connectivity index (χ3v) is 3.55. The van der Waals surface area contributed by atoms with Gasteiger partial charge in [-0.1, -0.05) is 12.5 Å². The molecule has 2 bridgehead atoms. The van der Waals surface area contributed by atoms with Crippen LogP contribution >= 0.6 is 0 Å². The summed E-state index contributed by atoms with van der Waals surface area (Å²) in [5, 5.41) is 0. The van der Waals surface area contributed by atoms with Crippen LogP contribution in [0.25, 0.3) is 0 Å². The summed E-state index contributed by atoms with van der Waals surface area (Å²) in [6, 6.07) is 0. The maximum absolute atomic E-state index is 6.28. The Morgan fingerprint density at radius 1 is 1.55 bits per heavy atom. The molecular weight excluding hydrogens is 134 g/mol. The van der Waals surface area contributed by atoms with Gasteiger partial charge < -0.3 is 5.73 Å². The molecule has 0 aliphatic heterocycles. The fourth-order valence-electron chi connectivity index (χ4n) is 3.01. The second-order valence-corrected chi connectivity index (χ2v) is 4.31. The fourth-order valence-corrected chi connectivity index (χ4v) is 3.01. The van der Waals surface area contributed by atoms with Gasteiger partial charge in [0.05, 0.1) is 0 Å². The molecule has 2 aliphatic rings. The lowest BCUT2D eigenvalue weighted by atomic mass is 9.79. The lowest BCUT2D eigenvalue weighted by Crippen LogP contribution is -2.44. The highest BCUT2D eigenvalue weighted by Gasteiger charge is 2.47. The van der Waals surface area contributed by atoms with Crippen molar-refractivity contribution in [1.82, 2.24) is 0 Å². The quantitative estimate of drug-likeness (QED) is 0.601. The molecule has 0 saturated heterocycles. The van der Waals surface area contributed by atoms with Gasteiger partial charge in [0.2, 0.25) is 0 Å². The highest BCUT2D eigenvalue weighted by atomic mass is 14.8. The number of nitrogens with two attached hydrogens (primary N) is 1. The van der Waals surface area contributed by atoms with E-state index in [0.717, 1.165) is 18.3 Å². The van der Waals surface area contributed by atoms with Crippen LogP contribution in [0.3, 0.4) is 0 Å². The topological polar surface area (TPSA) is 26.0 Å². The molecule has 62 valence electrons. The van der Waals surface area contributed by atoms with Crippen LogP contribution < -0.4 is 5.73 Å². The Balaban J connectivity index is 2.10. The molecule has 2 saturated carbocycles. The summed E-state index contributed by atoms with van der Waals surface area (Å²) in [6.45, 7) is 3.77. The third-order valence-electron chi connectivity index (χ3n) is 3.55. The van der Waals surface area contributed by atoms with Crippen LogP contribution in [0.4, 0.5) is 0 Å². The van der Waals surface area contributed by atoms with Crippen LogP contribution in [-0.4, -0.2) is 5.54 Å². The van der Waals surface area contributed by atoms with Crippen molar-refractivity contribution in [2.24, 2.45) is 17.6 Å². The van der Waals surface area contributed by atoms with Gasteiger partial charge in [0, 0.05) is 5.54 Å². The van der Waals surface area contributed by atoms with Crippen LogP contribution in [0, 0.1) is 11.8 Å². The van der Waals surface area contributed by atoms with E-state index in [9.17, 15) is 0 Å². The molecule has 0 radical (unpaired) electrons. The van der Waals surface area contributed by atoms with Gasteiger partial charge in [0.25, 0.3) is 0 Å². The van der Waals surface area contributed by atoms with E-state index in [2.05, 4.69) is 6.58 Å². The van der Waals surface area contributed by atoms with Crippen LogP contribution in [0.2, 0.25) is 0 Å². The van der Waals surface area contributed by atoms with E-state index < -0.39 is 0 Å². The Labute approximate surface area is 68.7 Å². The van der Waals surface area contributed by atoms with Gasteiger partial charge in [-0.2, -0.15) is 0 Å². The second-order valence-electron chi connectivity index (χ2n) is 4.31. The average Bonchev–Trinajstić information content (AvgIpc) is 2.45. The molecule has 0 amide bonds. The summed E-state index contributed by atoms with van der Waals surface area (Å²) >= 11 is 0. The lowest BCUT2D eigenvalue weighted by Gasteiger charge is -2.32. The van der Waals surface area contributed by atoms with Gasteiger partial charge >= 0.3 is 0 Å². The molecule has 1 nitrogen and oxygen atoms in total. The summed E-state index contributed by atoms with van der Waals surface area (Å²) in [6.07, 6.45) is 8.46. The molecule has 2 aliphatic carbocycles. The molecule has 0 spiro atoms. The minimum absolute atomic E-state index is 0.144. The van der Waals surface area contributed by atoms with E-state index in [1.807, 2.05) is 6.08 Å². The average molecular weight is 151 g/mol. The highest BCUT2D eigenvalue weighted by molar-refractivity contribution is 5.06. The largest absolute Gasteiger partial charge is 0.325 e. The van der Waals surface area contributed by atoms with Gasteiger partial charge in [0.15, 0.2) is 0 Å².